The van der Waals surface area contributed by atoms with E-state index in [9.17, 15) is 9.59 Å². The van der Waals surface area contributed by atoms with E-state index in [-0.39, 0.29) is 11.4 Å². The molecule has 0 atom stereocenters. The third kappa shape index (κ3) is 6.60. The van der Waals surface area contributed by atoms with Gasteiger partial charge in [-0.2, -0.15) is 0 Å². The molecule has 2 aromatic rings. The average Bonchev–Trinajstić information content (AvgIpc) is 2.51. The van der Waals surface area contributed by atoms with Crippen LogP contribution in [-0.2, 0) is 4.79 Å². The maximum absolute atomic E-state index is 10.1. The van der Waals surface area contributed by atoms with E-state index < -0.39 is 11.9 Å². The van der Waals surface area contributed by atoms with Gasteiger partial charge in [-0.15, -0.1) is 0 Å². The van der Waals surface area contributed by atoms with Gasteiger partial charge in [0.25, 0.3) is 0 Å². The molecule has 0 aromatic carbocycles. The normalized spacial score (nSPS) is 8.20. The Balaban J connectivity index is 0.000000321. The van der Waals surface area contributed by atoms with Crippen LogP contribution in [0.5, 0.6) is 0 Å². The van der Waals surface area contributed by atoms with Crippen molar-refractivity contribution >= 4 is 18.7 Å². The monoisotopic (exact) mass is 276 g/mol. The summed E-state index contributed by atoms with van der Waals surface area (Å²) in [6, 6.07) is 9.51. The highest BCUT2D eigenvalue weighted by Crippen LogP contribution is 1.91. The first-order valence-electron chi connectivity index (χ1n) is 5.19. The quantitative estimate of drug-likeness (QED) is 0.850. The molecule has 7 nitrogen and oxygen atoms in total. The minimum Gasteiger partial charge on any atom is -0.477 e. The lowest BCUT2D eigenvalue weighted by molar-refractivity contribution is -0.0980. The smallest absolute Gasteiger partial charge is 0.354 e. The van der Waals surface area contributed by atoms with E-state index in [1.54, 1.807) is 24.3 Å². The molecule has 0 saturated heterocycles. The Morgan fingerprint density at radius 3 is 1.30 bits per heavy atom. The van der Waals surface area contributed by atoms with Crippen molar-refractivity contribution in [2.45, 2.75) is 0 Å². The maximum atomic E-state index is 10.1. The number of pyridine rings is 2. The zero-order valence-corrected chi connectivity index (χ0v) is 10.3. The van der Waals surface area contributed by atoms with Crippen molar-refractivity contribution in [1.82, 2.24) is 9.97 Å². The molecule has 2 heterocycles. The van der Waals surface area contributed by atoms with Gasteiger partial charge in [-0.1, -0.05) is 12.1 Å². The summed E-state index contributed by atoms with van der Waals surface area (Å²) in [5.74, 6) is -1.98. The molecule has 0 bridgehead atoms. The van der Waals surface area contributed by atoms with E-state index in [4.69, 9.17) is 15.0 Å². The zero-order valence-electron chi connectivity index (χ0n) is 10.3. The summed E-state index contributed by atoms with van der Waals surface area (Å²) in [5.41, 5.74) is 0.162. The zero-order chi connectivity index (χ0) is 15.4. The van der Waals surface area contributed by atoms with Crippen molar-refractivity contribution in [1.29, 1.82) is 0 Å². The third-order valence-corrected chi connectivity index (χ3v) is 1.77. The van der Waals surface area contributed by atoms with E-state index in [0.29, 0.717) is 0 Å². The Hall–Kier alpha value is -3.09. The SMILES string of the molecule is C=O.O=C(O)c1ccccn1.O=C(O)c1ccccn1. The van der Waals surface area contributed by atoms with Gasteiger partial charge in [0.2, 0.25) is 0 Å². The van der Waals surface area contributed by atoms with Gasteiger partial charge in [0.15, 0.2) is 0 Å². The number of hydrogen-bond acceptors (Lipinski definition) is 5. The van der Waals surface area contributed by atoms with Crippen LogP contribution in [0, 0.1) is 0 Å². The summed E-state index contributed by atoms with van der Waals surface area (Å²) in [7, 11) is 0. The highest BCUT2D eigenvalue weighted by atomic mass is 16.4. The summed E-state index contributed by atoms with van der Waals surface area (Å²) in [4.78, 5) is 35.4. The second-order valence-corrected chi connectivity index (χ2v) is 3.04. The molecule has 104 valence electrons. The van der Waals surface area contributed by atoms with Crippen LogP contribution in [-0.4, -0.2) is 38.9 Å². The first-order chi connectivity index (χ1) is 9.61. The molecule has 0 fully saturated rings. The van der Waals surface area contributed by atoms with Crippen LogP contribution in [0.25, 0.3) is 0 Å². The molecule has 0 unspecified atom stereocenters. The molecule has 0 saturated carbocycles. The largest absolute Gasteiger partial charge is 0.477 e. The number of hydrogen-bond donors (Lipinski definition) is 2. The summed E-state index contributed by atoms with van der Waals surface area (Å²) in [5, 5.41) is 16.6. The Morgan fingerprint density at radius 2 is 1.15 bits per heavy atom. The van der Waals surface area contributed by atoms with E-state index in [1.165, 1.54) is 24.5 Å². The number of carbonyl (C=O) groups is 3. The standard InChI is InChI=1S/2C6H5NO2.CH2O/c2*8-6(9)5-3-1-2-4-7-5;1-2/h2*1-4H,(H,8,9);1H2. The number of rotatable bonds is 2. The van der Waals surface area contributed by atoms with Gasteiger partial charge in [-0.05, 0) is 24.3 Å². The fourth-order valence-electron chi connectivity index (χ4n) is 0.979. The second-order valence-electron chi connectivity index (χ2n) is 3.04. The fraction of sp³-hybridized carbons (Fsp3) is 0. The average molecular weight is 276 g/mol. The first-order valence-corrected chi connectivity index (χ1v) is 5.19. The van der Waals surface area contributed by atoms with Gasteiger partial charge in [-0.25, -0.2) is 19.6 Å². The summed E-state index contributed by atoms with van der Waals surface area (Å²) in [6.07, 6.45) is 2.90. The van der Waals surface area contributed by atoms with Gasteiger partial charge < -0.3 is 15.0 Å². The molecule has 0 spiro atoms. The molecule has 0 aliphatic rings. The molecule has 0 amide bonds. The second kappa shape index (κ2) is 9.89. The van der Waals surface area contributed by atoms with Crippen LogP contribution in [0.4, 0.5) is 0 Å². The van der Waals surface area contributed by atoms with Crippen molar-refractivity contribution in [3.05, 3.63) is 60.2 Å². The van der Waals surface area contributed by atoms with Gasteiger partial charge in [0.05, 0.1) is 0 Å². The van der Waals surface area contributed by atoms with Crippen molar-refractivity contribution in [2.75, 3.05) is 0 Å². The van der Waals surface area contributed by atoms with E-state index in [2.05, 4.69) is 9.97 Å². The lowest BCUT2D eigenvalue weighted by Gasteiger charge is -1.87. The molecule has 2 aromatic heterocycles. The molecular formula is C13H12N2O5. The minimum atomic E-state index is -0.990. The number of nitrogens with zero attached hydrogens (tertiary/aromatic N) is 2. The van der Waals surface area contributed by atoms with Crippen LogP contribution >= 0.6 is 0 Å². The van der Waals surface area contributed by atoms with Gasteiger partial charge in [0, 0.05) is 12.4 Å². The Bertz CT molecular complexity index is 481. The molecule has 0 aliphatic heterocycles. The molecule has 0 radical (unpaired) electrons. The Kier molecular flexibility index (Phi) is 8.36. The van der Waals surface area contributed by atoms with Crippen molar-refractivity contribution < 1.29 is 24.6 Å². The molecule has 2 N–H and O–H groups in total. The highest BCUT2D eigenvalue weighted by molar-refractivity contribution is 5.85. The topological polar surface area (TPSA) is 117 Å². The number of carbonyl (C=O) groups excluding carboxylic acids is 1. The number of aromatic nitrogens is 2. The summed E-state index contributed by atoms with van der Waals surface area (Å²) >= 11 is 0. The van der Waals surface area contributed by atoms with Gasteiger partial charge >= 0.3 is 11.9 Å². The fourth-order valence-corrected chi connectivity index (χ4v) is 0.979. The van der Waals surface area contributed by atoms with Crippen molar-refractivity contribution in [3.8, 4) is 0 Å². The van der Waals surface area contributed by atoms with E-state index in [1.807, 2.05) is 6.79 Å². The van der Waals surface area contributed by atoms with Gasteiger partial charge in [0.1, 0.15) is 18.2 Å². The summed E-state index contributed by atoms with van der Waals surface area (Å²) < 4.78 is 0. The number of carboxylic acids is 2. The van der Waals surface area contributed by atoms with Crippen LogP contribution in [0.3, 0.4) is 0 Å². The van der Waals surface area contributed by atoms with Crippen LogP contribution in [0.1, 0.15) is 21.0 Å². The maximum Gasteiger partial charge on any atom is 0.354 e. The van der Waals surface area contributed by atoms with Crippen molar-refractivity contribution in [2.24, 2.45) is 0 Å². The van der Waals surface area contributed by atoms with Crippen molar-refractivity contribution in [3.63, 3.8) is 0 Å². The number of aromatic carboxylic acids is 2. The van der Waals surface area contributed by atoms with Crippen LogP contribution in [0.15, 0.2) is 48.8 Å². The predicted octanol–water partition coefficient (Wildman–Crippen LogP) is 1.37. The Morgan fingerprint density at radius 1 is 0.800 bits per heavy atom. The lowest BCUT2D eigenvalue weighted by atomic mass is 10.4. The lowest BCUT2D eigenvalue weighted by Crippen LogP contribution is -1.97. The van der Waals surface area contributed by atoms with Gasteiger partial charge in [-0.3, -0.25) is 0 Å². The first kappa shape index (κ1) is 16.9. The van der Waals surface area contributed by atoms with E-state index in [0.717, 1.165) is 0 Å². The minimum absolute atomic E-state index is 0.0810. The Labute approximate surface area is 114 Å². The molecule has 7 heteroatoms. The molecule has 0 aliphatic carbocycles. The van der Waals surface area contributed by atoms with E-state index >= 15 is 0 Å². The summed E-state index contributed by atoms with van der Waals surface area (Å²) in [6.45, 7) is 2.00. The predicted molar refractivity (Wildman–Crippen MR) is 69.5 cm³/mol. The molecule has 20 heavy (non-hydrogen) atoms. The molecular weight excluding hydrogens is 264 g/mol. The third-order valence-electron chi connectivity index (χ3n) is 1.77. The van der Waals surface area contributed by atoms with Crippen LogP contribution < -0.4 is 0 Å². The molecule has 2 rings (SSSR count). The van der Waals surface area contributed by atoms with Crippen LogP contribution in [0.2, 0.25) is 0 Å². The highest BCUT2D eigenvalue weighted by Gasteiger charge is 1.99. The number of carboxylic acid groups (broad SMARTS) is 2.